The van der Waals surface area contributed by atoms with E-state index >= 15 is 0 Å². The number of benzene rings is 1. The van der Waals surface area contributed by atoms with Crippen molar-refractivity contribution in [3.63, 3.8) is 0 Å². The molecule has 0 atom stereocenters. The molecule has 0 saturated carbocycles. The van der Waals surface area contributed by atoms with Gasteiger partial charge in [-0.1, -0.05) is 23.7 Å². The molecule has 0 bridgehead atoms. The van der Waals surface area contributed by atoms with E-state index in [0.717, 1.165) is 5.69 Å². The van der Waals surface area contributed by atoms with Gasteiger partial charge in [0, 0.05) is 5.38 Å². The number of carbonyl (C=O) groups is 1. The Morgan fingerprint density at radius 3 is 2.88 bits per heavy atom. The second-order valence-electron chi connectivity index (χ2n) is 3.28. The van der Waals surface area contributed by atoms with Crippen LogP contribution in [0.1, 0.15) is 0 Å². The van der Waals surface area contributed by atoms with E-state index in [-0.39, 0.29) is 12.5 Å². The fraction of sp³-hybridized carbons (Fsp3) is 0.0833. The van der Waals surface area contributed by atoms with Crippen LogP contribution >= 0.6 is 22.9 Å². The molecule has 3 nitrogen and oxygen atoms in total. The molecule has 1 N–H and O–H groups in total. The zero-order valence-electron chi connectivity index (χ0n) is 8.85. The number of hydrogen-bond acceptors (Lipinski definition) is 3. The molecule has 2 aromatic rings. The molecule has 0 aliphatic carbocycles. The van der Waals surface area contributed by atoms with E-state index in [2.05, 4.69) is 5.32 Å². The zero-order chi connectivity index (χ0) is 12.1. The Morgan fingerprint density at radius 2 is 2.18 bits per heavy atom. The molecule has 1 aromatic heterocycles. The molecule has 0 aliphatic heterocycles. The maximum Gasteiger partial charge on any atom is 0.262 e. The Balaban J connectivity index is 1.86. The van der Waals surface area contributed by atoms with Crippen molar-refractivity contribution < 1.29 is 9.53 Å². The van der Waals surface area contributed by atoms with Crippen LogP contribution in [-0.2, 0) is 4.79 Å². The molecule has 0 fully saturated rings. The predicted molar refractivity (Wildman–Crippen MR) is 69.9 cm³/mol. The number of amides is 1. The quantitative estimate of drug-likeness (QED) is 0.922. The second kappa shape index (κ2) is 5.70. The largest absolute Gasteiger partial charge is 0.482 e. The number of nitrogens with one attached hydrogen (secondary N) is 1. The van der Waals surface area contributed by atoms with Crippen molar-refractivity contribution in [3.8, 4) is 5.75 Å². The van der Waals surface area contributed by atoms with Crippen LogP contribution in [0.3, 0.4) is 0 Å². The zero-order valence-corrected chi connectivity index (χ0v) is 10.4. The Labute approximate surface area is 108 Å². The van der Waals surface area contributed by atoms with Crippen molar-refractivity contribution in [3.05, 3.63) is 46.1 Å². The summed E-state index contributed by atoms with van der Waals surface area (Å²) in [5, 5.41) is 6.96. The molecule has 1 aromatic carbocycles. The summed E-state index contributed by atoms with van der Waals surface area (Å²) in [4.78, 5) is 11.5. The Bertz CT molecular complexity index is 499. The van der Waals surface area contributed by atoms with Gasteiger partial charge in [-0.2, -0.15) is 11.3 Å². The standard InChI is InChI=1S/C12H10ClNO2S/c13-10-3-1-2-4-11(10)16-7-12(15)14-9-5-6-17-8-9/h1-6,8H,7H2,(H,14,15). The lowest BCUT2D eigenvalue weighted by atomic mass is 10.3. The lowest BCUT2D eigenvalue weighted by Crippen LogP contribution is -2.19. The molecule has 88 valence electrons. The SMILES string of the molecule is O=C(COc1ccccc1Cl)Nc1ccsc1. The number of ether oxygens (including phenoxy) is 1. The van der Waals surface area contributed by atoms with Gasteiger partial charge in [-0.25, -0.2) is 0 Å². The first kappa shape index (κ1) is 12.0. The van der Waals surface area contributed by atoms with E-state index in [1.54, 1.807) is 24.3 Å². The molecule has 0 unspecified atom stereocenters. The number of para-hydroxylation sites is 1. The highest BCUT2D eigenvalue weighted by molar-refractivity contribution is 7.08. The summed E-state index contributed by atoms with van der Waals surface area (Å²) >= 11 is 7.42. The molecular formula is C12H10ClNO2S. The summed E-state index contributed by atoms with van der Waals surface area (Å²) in [6, 6.07) is 8.88. The molecule has 0 radical (unpaired) electrons. The van der Waals surface area contributed by atoms with Crippen molar-refractivity contribution in [2.45, 2.75) is 0 Å². The topological polar surface area (TPSA) is 38.3 Å². The highest BCUT2D eigenvalue weighted by Gasteiger charge is 2.05. The van der Waals surface area contributed by atoms with Crippen LogP contribution in [0.2, 0.25) is 5.02 Å². The monoisotopic (exact) mass is 267 g/mol. The Kier molecular flexibility index (Phi) is 4.01. The highest BCUT2D eigenvalue weighted by atomic mass is 35.5. The number of thiophene rings is 1. The fourth-order valence-electron chi connectivity index (χ4n) is 1.24. The third-order valence-corrected chi connectivity index (χ3v) is 3.00. The molecule has 1 amide bonds. The molecule has 0 saturated heterocycles. The van der Waals surface area contributed by atoms with E-state index in [1.807, 2.05) is 16.8 Å². The van der Waals surface area contributed by atoms with Gasteiger partial charge in [0.25, 0.3) is 5.91 Å². The summed E-state index contributed by atoms with van der Waals surface area (Å²) in [6.07, 6.45) is 0. The lowest BCUT2D eigenvalue weighted by molar-refractivity contribution is -0.118. The van der Waals surface area contributed by atoms with Crippen LogP contribution < -0.4 is 10.1 Å². The van der Waals surface area contributed by atoms with Crippen molar-refractivity contribution in [1.82, 2.24) is 0 Å². The van der Waals surface area contributed by atoms with Gasteiger partial charge in [-0.05, 0) is 23.6 Å². The van der Waals surface area contributed by atoms with Crippen molar-refractivity contribution >= 4 is 34.5 Å². The predicted octanol–water partition coefficient (Wildman–Crippen LogP) is 3.42. The van der Waals surface area contributed by atoms with Crippen molar-refractivity contribution in [2.24, 2.45) is 0 Å². The van der Waals surface area contributed by atoms with Crippen LogP contribution in [0.5, 0.6) is 5.75 Å². The summed E-state index contributed by atoms with van der Waals surface area (Å²) < 4.78 is 5.31. The van der Waals surface area contributed by atoms with Gasteiger partial charge in [0.15, 0.2) is 6.61 Å². The molecule has 2 rings (SSSR count). The Morgan fingerprint density at radius 1 is 1.35 bits per heavy atom. The maximum atomic E-state index is 11.5. The second-order valence-corrected chi connectivity index (χ2v) is 4.47. The van der Waals surface area contributed by atoms with Crippen molar-refractivity contribution in [1.29, 1.82) is 0 Å². The molecule has 17 heavy (non-hydrogen) atoms. The Hall–Kier alpha value is -1.52. The number of rotatable bonds is 4. The first-order chi connectivity index (χ1) is 8.25. The fourth-order valence-corrected chi connectivity index (χ4v) is 2.02. The number of halogens is 1. The maximum absolute atomic E-state index is 11.5. The third kappa shape index (κ3) is 3.47. The van der Waals surface area contributed by atoms with Gasteiger partial charge < -0.3 is 10.1 Å². The summed E-state index contributed by atoms with van der Waals surface area (Å²) in [7, 11) is 0. The van der Waals surface area contributed by atoms with Gasteiger partial charge in [0.1, 0.15) is 5.75 Å². The lowest BCUT2D eigenvalue weighted by Gasteiger charge is -2.07. The minimum absolute atomic E-state index is 0.0560. The van der Waals surface area contributed by atoms with E-state index in [9.17, 15) is 4.79 Å². The van der Waals surface area contributed by atoms with Crippen LogP contribution in [0.25, 0.3) is 0 Å². The molecule has 1 heterocycles. The minimum Gasteiger partial charge on any atom is -0.482 e. The normalized spacial score (nSPS) is 9.94. The van der Waals surface area contributed by atoms with Gasteiger partial charge >= 0.3 is 0 Å². The van der Waals surface area contributed by atoms with Crippen molar-refractivity contribution in [2.75, 3.05) is 11.9 Å². The molecule has 5 heteroatoms. The number of anilines is 1. The van der Waals surface area contributed by atoms with Crippen LogP contribution in [0.4, 0.5) is 5.69 Å². The third-order valence-electron chi connectivity index (χ3n) is 2.00. The van der Waals surface area contributed by atoms with E-state index < -0.39 is 0 Å². The van der Waals surface area contributed by atoms with E-state index in [4.69, 9.17) is 16.3 Å². The van der Waals surface area contributed by atoms with Crippen LogP contribution in [0.15, 0.2) is 41.1 Å². The van der Waals surface area contributed by atoms with E-state index in [0.29, 0.717) is 10.8 Å². The number of carbonyl (C=O) groups excluding carboxylic acids is 1. The molecular weight excluding hydrogens is 258 g/mol. The van der Waals surface area contributed by atoms with Gasteiger partial charge in [0.05, 0.1) is 10.7 Å². The smallest absolute Gasteiger partial charge is 0.262 e. The average Bonchev–Trinajstić information content (AvgIpc) is 2.81. The van der Waals surface area contributed by atoms with E-state index in [1.165, 1.54) is 11.3 Å². The van der Waals surface area contributed by atoms with Gasteiger partial charge in [-0.15, -0.1) is 0 Å². The minimum atomic E-state index is -0.205. The molecule has 0 aliphatic rings. The summed E-state index contributed by atoms with van der Waals surface area (Å²) in [6.45, 7) is -0.0560. The summed E-state index contributed by atoms with van der Waals surface area (Å²) in [5.74, 6) is 0.304. The summed E-state index contributed by atoms with van der Waals surface area (Å²) in [5.41, 5.74) is 0.780. The first-order valence-corrected chi connectivity index (χ1v) is 6.27. The van der Waals surface area contributed by atoms with Gasteiger partial charge in [-0.3, -0.25) is 4.79 Å². The van der Waals surface area contributed by atoms with Gasteiger partial charge in [0.2, 0.25) is 0 Å². The highest BCUT2D eigenvalue weighted by Crippen LogP contribution is 2.23. The van der Waals surface area contributed by atoms with Crippen LogP contribution in [-0.4, -0.2) is 12.5 Å². The molecule has 0 spiro atoms. The first-order valence-electron chi connectivity index (χ1n) is 4.95. The van der Waals surface area contributed by atoms with Crippen LogP contribution in [0, 0.1) is 0 Å². The average molecular weight is 268 g/mol. The number of hydrogen-bond donors (Lipinski definition) is 1.